The molecule has 3 rings (SSSR count). The fourth-order valence-electron chi connectivity index (χ4n) is 2.57. The van der Waals surface area contributed by atoms with Gasteiger partial charge in [0.15, 0.2) is 0 Å². The van der Waals surface area contributed by atoms with E-state index in [4.69, 9.17) is 5.73 Å². The van der Waals surface area contributed by atoms with Crippen LogP contribution < -0.4 is 11.9 Å². The molecule has 0 bridgehead atoms. The van der Waals surface area contributed by atoms with Crippen molar-refractivity contribution in [2.24, 2.45) is 10.2 Å². The number of nitrogens with zero attached hydrogens (tertiary/aromatic N) is 2. The minimum atomic E-state index is -4.84. The van der Waals surface area contributed by atoms with E-state index in [0.717, 1.165) is 18.2 Å². The first-order valence-corrected chi connectivity index (χ1v) is 8.98. The molecule has 0 amide bonds. The highest BCUT2D eigenvalue weighted by atomic mass is 32.2. The maximum Gasteiger partial charge on any atom is 0.418 e. The van der Waals surface area contributed by atoms with Crippen LogP contribution in [0.25, 0.3) is 10.8 Å². The molecular weight excluding hydrogens is 413 g/mol. The van der Waals surface area contributed by atoms with Crippen molar-refractivity contribution in [2.75, 3.05) is 5.73 Å². The number of hydrogen-bond donors (Lipinski definition) is 3. The summed E-state index contributed by atoms with van der Waals surface area (Å²) < 4.78 is 72.8. The Balaban J connectivity index is 0.00000300. The van der Waals surface area contributed by atoms with Crippen molar-refractivity contribution < 1.29 is 31.2 Å². The minimum absolute atomic E-state index is 0. The Morgan fingerprint density at radius 2 is 1.69 bits per heavy atom. The number of anilines is 1. The van der Waals surface area contributed by atoms with E-state index < -0.39 is 38.2 Å². The van der Waals surface area contributed by atoms with Crippen LogP contribution in [0.4, 0.5) is 30.2 Å². The molecule has 0 radical (unpaired) electrons. The molecule has 0 spiro atoms. The second-order valence-corrected chi connectivity index (χ2v) is 7.09. The summed E-state index contributed by atoms with van der Waals surface area (Å²) in [5, 5.41) is 17.5. The topological polar surface area (TPSA) is 165 Å². The molecule has 8 nitrogen and oxygen atoms in total. The number of halogens is 3. The number of phenolic OH excluding ortho intramolecular Hbond substituents is 1. The van der Waals surface area contributed by atoms with Crippen LogP contribution in [-0.4, -0.2) is 18.1 Å². The van der Waals surface area contributed by atoms with Crippen molar-refractivity contribution in [1.82, 2.24) is 6.15 Å². The molecule has 0 aromatic heterocycles. The van der Waals surface area contributed by atoms with Crippen LogP contribution in [0.2, 0.25) is 0 Å². The van der Waals surface area contributed by atoms with Crippen molar-refractivity contribution in [2.45, 2.75) is 11.1 Å². The summed E-state index contributed by atoms with van der Waals surface area (Å²) in [5.41, 5.74) is 4.14. The lowest BCUT2D eigenvalue weighted by molar-refractivity contribution is -0.137. The smallest absolute Gasteiger partial charge is 0.418 e. The summed E-state index contributed by atoms with van der Waals surface area (Å²) in [7, 11) is -4.84. The third kappa shape index (κ3) is 4.45. The summed E-state index contributed by atoms with van der Waals surface area (Å²) >= 11 is 0. The van der Waals surface area contributed by atoms with Gasteiger partial charge in [0.05, 0.1) is 27.2 Å². The molecule has 0 saturated carbocycles. The fraction of sp³-hybridized carbons (Fsp3) is 0.0588. The quantitative estimate of drug-likeness (QED) is 0.308. The van der Waals surface area contributed by atoms with Gasteiger partial charge in [0, 0.05) is 0 Å². The van der Waals surface area contributed by atoms with Crippen LogP contribution in [0.1, 0.15) is 5.56 Å². The Kier molecular flexibility index (Phi) is 5.83. The van der Waals surface area contributed by atoms with Crippen LogP contribution in [0.3, 0.4) is 0 Å². The van der Waals surface area contributed by atoms with Crippen LogP contribution in [0, 0.1) is 0 Å². The molecule has 0 saturated heterocycles. The average Bonchev–Trinajstić information content (AvgIpc) is 2.59. The highest BCUT2D eigenvalue weighted by Crippen LogP contribution is 2.41. The third-order valence-corrected chi connectivity index (χ3v) is 4.64. The number of nitrogen functional groups attached to an aromatic ring is 1. The summed E-state index contributed by atoms with van der Waals surface area (Å²) in [6, 6.07) is 8.84. The molecular formula is C17H15F3N4O4S. The third-order valence-electron chi connectivity index (χ3n) is 3.83. The van der Waals surface area contributed by atoms with Crippen molar-refractivity contribution in [3.63, 3.8) is 0 Å². The predicted molar refractivity (Wildman–Crippen MR) is 99.6 cm³/mol. The number of rotatable bonds is 3. The highest BCUT2D eigenvalue weighted by molar-refractivity contribution is 7.85. The van der Waals surface area contributed by atoms with E-state index in [1.54, 1.807) is 0 Å². The van der Waals surface area contributed by atoms with Crippen LogP contribution >= 0.6 is 0 Å². The number of nitrogens with two attached hydrogens (primary N) is 1. The van der Waals surface area contributed by atoms with Gasteiger partial charge in [-0.3, -0.25) is 0 Å². The maximum atomic E-state index is 13.1. The second-order valence-electron chi connectivity index (χ2n) is 5.71. The zero-order valence-electron chi connectivity index (χ0n) is 14.8. The number of aromatic hydroxyl groups is 1. The molecule has 0 atom stereocenters. The molecule has 7 N–H and O–H groups in total. The van der Waals surface area contributed by atoms with Gasteiger partial charge in [-0.25, -0.2) is 8.42 Å². The molecule has 0 fully saturated rings. The van der Waals surface area contributed by atoms with Gasteiger partial charge >= 0.3 is 6.18 Å². The zero-order valence-corrected chi connectivity index (χ0v) is 15.6. The highest BCUT2D eigenvalue weighted by Gasteiger charge is 2.33. The number of alkyl halides is 3. The van der Waals surface area contributed by atoms with Crippen molar-refractivity contribution in [1.29, 1.82) is 0 Å². The first-order chi connectivity index (χ1) is 13.0. The Morgan fingerprint density at radius 1 is 1.03 bits per heavy atom. The van der Waals surface area contributed by atoms with E-state index in [-0.39, 0.29) is 28.3 Å². The summed E-state index contributed by atoms with van der Waals surface area (Å²) in [4.78, 5) is -0.674. The number of fused-ring (bicyclic) bond motifs is 1. The van der Waals surface area contributed by atoms with E-state index in [1.165, 1.54) is 24.3 Å². The van der Waals surface area contributed by atoms with Crippen LogP contribution in [0.15, 0.2) is 63.7 Å². The monoisotopic (exact) mass is 428 g/mol. The van der Waals surface area contributed by atoms with Crippen LogP contribution in [-0.2, 0) is 16.3 Å². The van der Waals surface area contributed by atoms with Gasteiger partial charge in [-0.15, -0.1) is 10.2 Å². The van der Waals surface area contributed by atoms with E-state index in [1.807, 2.05) is 0 Å². The first-order valence-electron chi connectivity index (χ1n) is 7.57. The molecule has 0 unspecified atom stereocenters. The van der Waals surface area contributed by atoms with E-state index >= 15 is 0 Å². The molecule has 0 aliphatic heterocycles. The second kappa shape index (κ2) is 7.66. The Morgan fingerprint density at radius 3 is 2.31 bits per heavy atom. The number of hydrogen-bond acceptors (Lipinski definition) is 7. The lowest BCUT2D eigenvalue weighted by Crippen LogP contribution is -2.04. The van der Waals surface area contributed by atoms with Gasteiger partial charge in [0.25, 0.3) is 0 Å². The minimum Gasteiger partial charge on any atom is -0.744 e. The standard InChI is InChI=1S/C17H12F3N3O4S.H3N/c18-17(19,20)11-3-1-2-4-13(11)22-23-16-12(21)6-5-9-7-10(28(25,26)27)8-14(24)15(9)16;/h1-8,24H,21H2,(H,25,26,27);1H3. The van der Waals surface area contributed by atoms with Crippen molar-refractivity contribution in [3.8, 4) is 5.75 Å². The van der Waals surface area contributed by atoms with Gasteiger partial charge in [0.2, 0.25) is 0 Å². The fourth-order valence-corrected chi connectivity index (χ4v) is 3.10. The SMILES string of the molecule is Nc1ccc2cc(S(=O)(=O)[O-])cc(O)c2c1N=Nc1ccccc1C(F)(F)F.[NH4+]. The lowest BCUT2D eigenvalue weighted by Gasteiger charge is -2.12. The summed E-state index contributed by atoms with van der Waals surface area (Å²) in [6.07, 6.45) is -4.65. The molecule has 0 aliphatic rings. The largest absolute Gasteiger partial charge is 0.744 e. The number of benzene rings is 3. The average molecular weight is 428 g/mol. The predicted octanol–water partition coefficient (Wildman–Crippen LogP) is 4.84. The van der Waals surface area contributed by atoms with Gasteiger partial charge in [0.1, 0.15) is 21.6 Å². The Bertz CT molecular complexity index is 1210. The van der Waals surface area contributed by atoms with E-state index in [2.05, 4.69) is 10.2 Å². The molecule has 0 heterocycles. The molecule has 3 aromatic carbocycles. The van der Waals surface area contributed by atoms with E-state index in [0.29, 0.717) is 6.07 Å². The van der Waals surface area contributed by atoms with E-state index in [9.17, 15) is 31.2 Å². The lowest BCUT2D eigenvalue weighted by atomic mass is 10.1. The Labute approximate surface area is 162 Å². The number of azo groups is 1. The van der Waals surface area contributed by atoms with Crippen LogP contribution in [0.5, 0.6) is 5.75 Å². The molecule has 12 heteroatoms. The van der Waals surface area contributed by atoms with Crippen molar-refractivity contribution in [3.05, 3.63) is 54.1 Å². The van der Waals surface area contributed by atoms with Crippen molar-refractivity contribution >= 4 is 38.0 Å². The van der Waals surface area contributed by atoms with Gasteiger partial charge < -0.3 is 21.5 Å². The molecule has 3 aromatic rings. The van der Waals surface area contributed by atoms with Gasteiger partial charge in [-0.05, 0) is 35.7 Å². The van der Waals surface area contributed by atoms with Gasteiger partial charge in [-0.2, -0.15) is 13.2 Å². The molecule has 154 valence electrons. The maximum absolute atomic E-state index is 13.1. The first kappa shape index (κ1) is 22.1. The number of phenols is 1. The molecule has 29 heavy (non-hydrogen) atoms. The zero-order chi connectivity index (χ0) is 20.7. The summed E-state index contributed by atoms with van der Waals surface area (Å²) in [5.74, 6) is -0.628. The number of quaternary nitrogens is 1. The van der Waals surface area contributed by atoms with Gasteiger partial charge in [-0.1, -0.05) is 18.2 Å². The summed E-state index contributed by atoms with van der Waals surface area (Å²) in [6.45, 7) is 0. The molecule has 0 aliphatic carbocycles. The Hall–Kier alpha value is -3.22. The normalized spacial score (nSPS) is 12.3.